The molecule has 1 aromatic carbocycles. The van der Waals surface area contributed by atoms with Crippen LogP contribution in [0.15, 0.2) is 6.07 Å². The maximum absolute atomic E-state index is 6.58. The van der Waals surface area contributed by atoms with Gasteiger partial charge in [0.25, 0.3) is 0 Å². The fourth-order valence-electron chi connectivity index (χ4n) is 3.76. The summed E-state index contributed by atoms with van der Waals surface area (Å²) < 4.78 is 5.84. The molecule has 4 rings (SSSR count). The lowest BCUT2D eigenvalue weighted by molar-refractivity contribution is 0.379. The van der Waals surface area contributed by atoms with Crippen molar-refractivity contribution in [2.45, 2.75) is 32.6 Å². The van der Waals surface area contributed by atoms with Crippen molar-refractivity contribution in [3.63, 3.8) is 0 Å². The van der Waals surface area contributed by atoms with Crippen LogP contribution in [0.2, 0.25) is 5.02 Å². The number of aryl methyl sites for hydroxylation is 1. The van der Waals surface area contributed by atoms with E-state index in [0.29, 0.717) is 23.2 Å². The first-order chi connectivity index (χ1) is 12.9. The second-order valence-electron chi connectivity index (χ2n) is 7.10. The molecule has 1 atom stereocenters. The van der Waals surface area contributed by atoms with E-state index in [-0.39, 0.29) is 30.7 Å². The van der Waals surface area contributed by atoms with Gasteiger partial charge >= 0.3 is 0 Å². The molecule has 3 heterocycles. The molecule has 29 heavy (non-hydrogen) atoms. The molecule has 2 aromatic heterocycles. The van der Waals surface area contributed by atoms with Crippen molar-refractivity contribution in [2.24, 2.45) is 0 Å². The summed E-state index contributed by atoms with van der Waals surface area (Å²) in [6.45, 7) is 7.81. The first kappa shape index (κ1) is 23.5. The molecule has 10 heteroatoms. The highest BCUT2D eigenvalue weighted by Crippen LogP contribution is 2.42. The number of methoxy groups -OCH3 is 1. The van der Waals surface area contributed by atoms with Crippen molar-refractivity contribution in [2.75, 3.05) is 25.9 Å². The lowest BCUT2D eigenvalue weighted by Gasteiger charge is -2.32. The summed E-state index contributed by atoms with van der Waals surface area (Å²) in [7, 11) is 1.70. The zero-order valence-electron chi connectivity index (χ0n) is 16.7. The molecule has 1 unspecified atom stereocenters. The smallest absolute Gasteiger partial charge is 0.161 e. The van der Waals surface area contributed by atoms with Gasteiger partial charge in [-0.05, 0) is 25.5 Å². The summed E-state index contributed by atoms with van der Waals surface area (Å²) in [5.74, 6) is 2.15. The molecular formula is C19H25Cl3N6O. The molecule has 0 amide bonds. The van der Waals surface area contributed by atoms with E-state index in [1.807, 2.05) is 26.8 Å². The number of nitrogens with two attached hydrogens (primary N) is 1. The molecule has 1 saturated heterocycles. The third-order valence-corrected chi connectivity index (χ3v) is 5.84. The summed E-state index contributed by atoms with van der Waals surface area (Å²) in [6, 6.07) is 1.96. The number of aromatic amines is 1. The van der Waals surface area contributed by atoms with Crippen LogP contribution in [0, 0.1) is 13.8 Å². The van der Waals surface area contributed by atoms with Gasteiger partial charge in [-0.15, -0.1) is 24.8 Å². The third kappa shape index (κ3) is 3.84. The number of nitrogen functional groups attached to an aromatic ring is 1. The van der Waals surface area contributed by atoms with Gasteiger partial charge in [0.15, 0.2) is 5.65 Å². The lowest BCUT2D eigenvalue weighted by Crippen LogP contribution is -2.40. The van der Waals surface area contributed by atoms with Crippen molar-refractivity contribution in [1.82, 2.24) is 25.5 Å². The molecular weight excluding hydrogens is 435 g/mol. The Balaban J connectivity index is 0.00000150. The number of halogens is 3. The number of hydrogen-bond acceptors (Lipinski definition) is 6. The number of nitrogens with zero attached hydrogens (tertiary/aromatic N) is 3. The quantitative estimate of drug-likeness (QED) is 0.547. The van der Waals surface area contributed by atoms with Crippen molar-refractivity contribution in [3.05, 3.63) is 39.3 Å². The molecule has 0 spiro atoms. The second-order valence-corrected chi connectivity index (χ2v) is 7.50. The molecule has 1 aliphatic heterocycles. The molecule has 0 bridgehead atoms. The number of rotatable bonds is 4. The van der Waals surface area contributed by atoms with Crippen molar-refractivity contribution in [1.29, 1.82) is 0 Å². The second kappa shape index (κ2) is 8.92. The average molecular weight is 460 g/mol. The minimum absolute atomic E-state index is 0. The van der Waals surface area contributed by atoms with Crippen LogP contribution in [0.1, 0.15) is 47.0 Å². The topological polar surface area (TPSA) is 102 Å². The molecule has 1 aliphatic rings. The van der Waals surface area contributed by atoms with E-state index in [2.05, 4.69) is 25.5 Å². The number of hydrogen-bond donors (Lipinski definition) is 3. The first-order valence-electron chi connectivity index (χ1n) is 8.98. The highest BCUT2D eigenvalue weighted by atomic mass is 35.5. The Bertz CT molecular complexity index is 1030. The van der Waals surface area contributed by atoms with E-state index in [4.69, 9.17) is 22.1 Å². The van der Waals surface area contributed by atoms with E-state index >= 15 is 0 Å². The highest BCUT2D eigenvalue weighted by molar-refractivity contribution is 6.31. The minimum Gasteiger partial charge on any atom is -0.496 e. The van der Waals surface area contributed by atoms with Gasteiger partial charge < -0.3 is 15.8 Å². The Morgan fingerprint density at radius 3 is 2.52 bits per heavy atom. The van der Waals surface area contributed by atoms with Crippen LogP contribution in [0.4, 0.5) is 5.82 Å². The summed E-state index contributed by atoms with van der Waals surface area (Å²) in [6.07, 6.45) is 0. The molecule has 0 radical (unpaired) electrons. The van der Waals surface area contributed by atoms with Crippen LogP contribution >= 0.6 is 36.4 Å². The van der Waals surface area contributed by atoms with Gasteiger partial charge in [0.05, 0.1) is 18.2 Å². The van der Waals surface area contributed by atoms with E-state index < -0.39 is 0 Å². The minimum atomic E-state index is -0.139. The van der Waals surface area contributed by atoms with Crippen LogP contribution in [-0.2, 0) is 0 Å². The Kier molecular flexibility index (Phi) is 7.22. The van der Waals surface area contributed by atoms with Crippen LogP contribution < -0.4 is 15.8 Å². The SMILES string of the molecule is COc1c(C(C)c2nc(N)c3c(C)n[nH]c3n2)cc(Cl)c(C)c1C1CNC1.Cl.Cl. The van der Waals surface area contributed by atoms with Gasteiger partial charge in [-0.1, -0.05) is 18.5 Å². The summed E-state index contributed by atoms with van der Waals surface area (Å²) in [5.41, 5.74) is 10.8. The molecule has 3 aromatic rings. The predicted octanol–water partition coefficient (Wildman–Crippen LogP) is 3.90. The summed E-state index contributed by atoms with van der Waals surface area (Å²) in [5, 5.41) is 11.9. The summed E-state index contributed by atoms with van der Waals surface area (Å²) >= 11 is 6.58. The molecule has 1 fully saturated rings. The molecule has 4 N–H and O–H groups in total. The zero-order chi connectivity index (χ0) is 19.3. The average Bonchev–Trinajstić information content (AvgIpc) is 2.98. The Morgan fingerprint density at radius 1 is 1.24 bits per heavy atom. The monoisotopic (exact) mass is 458 g/mol. The van der Waals surface area contributed by atoms with E-state index in [9.17, 15) is 0 Å². The van der Waals surface area contributed by atoms with Crippen molar-refractivity contribution >= 4 is 53.3 Å². The van der Waals surface area contributed by atoms with Crippen LogP contribution in [0.5, 0.6) is 5.75 Å². The first-order valence-corrected chi connectivity index (χ1v) is 9.35. The number of H-pyrrole nitrogens is 1. The maximum atomic E-state index is 6.58. The van der Waals surface area contributed by atoms with Gasteiger partial charge in [0, 0.05) is 41.1 Å². The van der Waals surface area contributed by atoms with Gasteiger partial charge in [0.2, 0.25) is 0 Å². The van der Waals surface area contributed by atoms with E-state index in [1.165, 1.54) is 0 Å². The lowest BCUT2D eigenvalue weighted by atomic mass is 9.85. The predicted molar refractivity (Wildman–Crippen MR) is 121 cm³/mol. The van der Waals surface area contributed by atoms with Crippen LogP contribution in [0.25, 0.3) is 11.0 Å². The normalized spacial score (nSPS) is 14.7. The maximum Gasteiger partial charge on any atom is 0.161 e. The summed E-state index contributed by atoms with van der Waals surface area (Å²) in [4.78, 5) is 9.19. The largest absolute Gasteiger partial charge is 0.496 e. The highest BCUT2D eigenvalue weighted by Gasteiger charge is 2.30. The van der Waals surface area contributed by atoms with E-state index in [1.54, 1.807) is 7.11 Å². The Labute approximate surface area is 187 Å². The van der Waals surface area contributed by atoms with Gasteiger partial charge in [-0.25, -0.2) is 9.97 Å². The molecule has 158 valence electrons. The number of fused-ring (bicyclic) bond motifs is 1. The standard InChI is InChI=1S/C19H23ClN6O.2ClH/c1-8(18-23-17(21)15-10(3)25-26-19(15)24-18)12-5-13(20)9(2)14(16(12)27-4)11-6-22-7-11;;/h5,8,11,22H,6-7H2,1-4H3,(H3,21,23,24,25,26);2*1H. The Hall–Kier alpha value is -1.80. The zero-order valence-corrected chi connectivity index (χ0v) is 19.1. The van der Waals surface area contributed by atoms with E-state index in [0.717, 1.165) is 51.6 Å². The Morgan fingerprint density at radius 2 is 1.93 bits per heavy atom. The fraction of sp³-hybridized carbons (Fsp3) is 0.421. The van der Waals surface area contributed by atoms with Crippen LogP contribution in [-0.4, -0.2) is 40.4 Å². The molecule has 0 aliphatic carbocycles. The van der Waals surface area contributed by atoms with Gasteiger partial charge in [-0.3, -0.25) is 5.10 Å². The molecule has 0 saturated carbocycles. The van der Waals surface area contributed by atoms with Crippen LogP contribution in [0.3, 0.4) is 0 Å². The van der Waals surface area contributed by atoms with Gasteiger partial charge in [-0.2, -0.15) is 5.10 Å². The number of ether oxygens (including phenoxy) is 1. The van der Waals surface area contributed by atoms with Gasteiger partial charge in [0.1, 0.15) is 17.4 Å². The number of nitrogens with one attached hydrogen (secondary N) is 2. The van der Waals surface area contributed by atoms with Crippen molar-refractivity contribution < 1.29 is 4.74 Å². The third-order valence-electron chi connectivity index (χ3n) is 5.44. The van der Waals surface area contributed by atoms with Crippen molar-refractivity contribution in [3.8, 4) is 5.75 Å². The number of aromatic nitrogens is 4. The molecule has 7 nitrogen and oxygen atoms in total. The number of benzene rings is 1. The number of anilines is 1. The fourth-order valence-corrected chi connectivity index (χ4v) is 3.98.